The van der Waals surface area contributed by atoms with Crippen molar-refractivity contribution >= 4 is 33.9 Å². The summed E-state index contributed by atoms with van der Waals surface area (Å²) in [6.07, 6.45) is 9.77. The van der Waals surface area contributed by atoms with Gasteiger partial charge in [0.15, 0.2) is 23.0 Å². The van der Waals surface area contributed by atoms with E-state index in [-0.39, 0.29) is 0 Å². The van der Waals surface area contributed by atoms with Crippen LogP contribution in [-0.4, -0.2) is 17.6 Å². The molecule has 1 heterocycles. The molecule has 0 bridgehead atoms. The SMILES string of the molecule is C=C/C=C/CCNC(C)Cc1ccnc2ccc(OI)cc12. The largest absolute Gasteiger partial charge is 0.428 e. The molecule has 0 aliphatic carbocycles. The number of fused-ring (bicyclic) bond motifs is 1. The molecule has 0 fully saturated rings. The minimum absolute atomic E-state index is 0.409. The lowest BCUT2D eigenvalue weighted by molar-refractivity contribution is 0.553. The first kappa shape index (κ1) is 17.0. The van der Waals surface area contributed by atoms with Gasteiger partial charge in [0.25, 0.3) is 0 Å². The lowest BCUT2D eigenvalue weighted by atomic mass is 10.0. The Balaban J connectivity index is 2.03. The van der Waals surface area contributed by atoms with Crippen LogP contribution in [0.1, 0.15) is 18.9 Å². The van der Waals surface area contributed by atoms with Crippen LogP contribution in [0.3, 0.4) is 0 Å². The summed E-state index contributed by atoms with van der Waals surface area (Å²) in [5.74, 6) is 0.859. The van der Waals surface area contributed by atoms with Crippen molar-refractivity contribution in [2.75, 3.05) is 6.54 Å². The van der Waals surface area contributed by atoms with E-state index in [1.165, 1.54) is 5.56 Å². The van der Waals surface area contributed by atoms with E-state index in [0.29, 0.717) is 6.04 Å². The number of aromatic nitrogens is 1. The van der Waals surface area contributed by atoms with Crippen LogP contribution in [0, 0.1) is 0 Å². The maximum Gasteiger partial charge on any atom is 0.192 e. The third-order valence-electron chi connectivity index (χ3n) is 3.49. The Labute approximate surface area is 146 Å². The van der Waals surface area contributed by atoms with Crippen LogP contribution >= 0.6 is 23.0 Å². The van der Waals surface area contributed by atoms with Crippen molar-refractivity contribution in [3.05, 3.63) is 60.8 Å². The predicted octanol–water partition coefficient (Wildman–Crippen LogP) is 4.62. The van der Waals surface area contributed by atoms with Gasteiger partial charge in [-0.05, 0) is 56.1 Å². The zero-order valence-corrected chi connectivity index (χ0v) is 14.9. The average molecular weight is 408 g/mol. The second-order valence-corrected chi connectivity index (χ2v) is 5.68. The molecule has 3 nitrogen and oxygen atoms in total. The third kappa shape index (κ3) is 4.81. The molecular formula is C18H21IN2O. The molecule has 0 aliphatic heterocycles. The van der Waals surface area contributed by atoms with Crippen molar-refractivity contribution in [1.82, 2.24) is 10.3 Å². The molecule has 1 aromatic carbocycles. The van der Waals surface area contributed by atoms with E-state index in [2.05, 4.69) is 42.0 Å². The van der Waals surface area contributed by atoms with Gasteiger partial charge in [0.2, 0.25) is 0 Å². The van der Waals surface area contributed by atoms with E-state index < -0.39 is 0 Å². The molecule has 0 aliphatic rings. The normalized spacial score (nSPS) is 12.6. The number of halogens is 1. The lowest BCUT2D eigenvalue weighted by Gasteiger charge is -2.15. The van der Waals surface area contributed by atoms with Crippen molar-refractivity contribution in [3.63, 3.8) is 0 Å². The van der Waals surface area contributed by atoms with Crippen molar-refractivity contribution in [2.24, 2.45) is 0 Å². The summed E-state index contributed by atoms with van der Waals surface area (Å²) in [4.78, 5) is 4.42. The number of allylic oxidation sites excluding steroid dienone is 2. The average Bonchev–Trinajstić information content (AvgIpc) is 2.54. The quantitative estimate of drug-likeness (QED) is 0.393. The summed E-state index contributed by atoms with van der Waals surface area (Å²) in [6.45, 7) is 6.85. The van der Waals surface area contributed by atoms with E-state index in [9.17, 15) is 0 Å². The zero-order valence-electron chi connectivity index (χ0n) is 12.8. The summed E-state index contributed by atoms with van der Waals surface area (Å²) < 4.78 is 5.30. The minimum atomic E-state index is 0.409. The van der Waals surface area contributed by atoms with Gasteiger partial charge >= 0.3 is 0 Å². The maximum absolute atomic E-state index is 5.30. The van der Waals surface area contributed by atoms with Crippen molar-refractivity contribution in [2.45, 2.75) is 25.8 Å². The van der Waals surface area contributed by atoms with E-state index in [4.69, 9.17) is 3.07 Å². The number of pyridine rings is 1. The molecule has 1 N–H and O–H groups in total. The van der Waals surface area contributed by atoms with Gasteiger partial charge in [-0.3, -0.25) is 4.98 Å². The molecule has 1 aromatic heterocycles. The second kappa shape index (κ2) is 8.90. The number of hydrogen-bond donors (Lipinski definition) is 1. The van der Waals surface area contributed by atoms with Gasteiger partial charge in [0, 0.05) is 17.6 Å². The smallest absolute Gasteiger partial charge is 0.192 e. The Bertz CT molecular complexity index is 655. The highest BCUT2D eigenvalue weighted by Gasteiger charge is 2.08. The molecule has 22 heavy (non-hydrogen) atoms. The van der Waals surface area contributed by atoms with E-state index >= 15 is 0 Å². The van der Waals surface area contributed by atoms with Crippen LogP contribution < -0.4 is 8.38 Å². The molecule has 4 heteroatoms. The predicted molar refractivity (Wildman–Crippen MR) is 102 cm³/mol. The number of benzene rings is 1. The number of nitrogens with zero attached hydrogens (tertiary/aromatic N) is 1. The standard InChI is InChI=1S/C18H21IN2O/c1-3-4-5-6-10-20-14(2)12-15-9-11-21-18-8-7-16(22-19)13-17(15)18/h3-5,7-9,11,13-14,20H,1,6,10,12H2,2H3/b5-4+. The fraction of sp³-hybridized carbons (Fsp3) is 0.278. The first-order chi connectivity index (χ1) is 10.7. The summed E-state index contributed by atoms with van der Waals surface area (Å²) in [5.41, 5.74) is 2.30. The highest BCUT2D eigenvalue weighted by Crippen LogP contribution is 2.24. The van der Waals surface area contributed by atoms with Gasteiger partial charge in [-0.25, -0.2) is 0 Å². The number of nitrogens with one attached hydrogen (secondary N) is 1. The van der Waals surface area contributed by atoms with Crippen LogP contribution in [-0.2, 0) is 6.42 Å². The molecule has 1 atom stereocenters. The Morgan fingerprint density at radius 3 is 3.05 bits per heavy atom. The molecule has 0 saturated carbocycles. The minimum Gasteiger partial charge on any atom is -0.428 e. The number of hydrogen-bond acceptors (Lipinski definition) is 3. The Morgan fingerprint density at radius 1 is 1.41 bits per heavy atom. The monoisotopic (exact) mass is 408 g/mol. The molecule has 0 saturated heterocycles. The highest BCUT2D eigenvalue weighted by atomic mass is 127. The summed E-state index contributed by atoms with van der Waals surface area (Å²) in [7, 11) is 0. The lowest BCUT2D eigenvalue weighted by Crippen LogP contribution is -2.28. The topological polar surface area (TPSA) is 34.2 Å². The Hall–Kier alpha value is -1.40. The summed E-state index contributed by atoms with van der Waals surface area (Å²) in [5, 5.41) is 4.71. The molecule has 2 rings (SSSR count). The fourth-order valence-electron chi connectivity index (χ4n) is 2.42. The molecule has 1 unspecified atom stereocenters. The summed E-state index contributed by atoms with van der Waals surface area (Å²) >= 11 is 1.91. The van der Waals surface area contributed by atoms with E-state index in [1.807, 2.05) is 47.4 Å². The fourth-order valence-corrected chi connectivity index (χ4v) is 2.69. The molecule has 116 valence electrons. The van der Waals surface area contributed by atoms with Crippen LogP contribution in [0.15, 0.2) is 55.3 Å². The van der Waals surface area contributed by atoms with Gasteiger partial charge in [0.05, 0.1) is 5.52 Å². The van der Waals surface area contributed by atoms with E-state index in [1.54, 1.807) is 6.08 Å². The van der Waals surface area contributed by atoms with Crippen LogP contribution in [0.4, 0.5) is 0 Å². The molecule has 0 amide bonds. The van der Waals surface area contributed by atoms with Crippen LogP contribution in [0.25, 0.3) is 10.9 Å². The van der Waals surface area contributed by atoms with Crippen LogP contribution in [0.5, 0.6) is 5.75 Å². The Kier molecular flexibility index (Phi) is 6.86. The van der Waals surface area contributed by atoms with Crippen molar-refractivity contribution in [1.29, 1.82) is 0 Å². The second-order valence-electron chi connectivity index (χ2n) is 5.24. The van der Waals surface area contributed by atoms with Crippen molar-refractivity contribution in [3.8, 4) is 5.75 Å². The zero-order chi connectivity index (χ0) is 15.8. The molecule has 0 spiro atoms. The third-order valence-corrected chi connectivity index (χ3v) is 4.00. The molecule has 2 aromatic rings. The van der Waals surface area contributed by atoms with Crippen molar-refractivity contribution < 1.29 is 3.07 Å². The summed E-state index contributed by atoms with van der Waals surface area (Å²) in [6, 6.07) is 8.51. The van der Waals surface area contributed by atoms with E-state index in [0.717, 1.165) is 36.0 Å². The van der Waals surface area contributed by atoms with Gasteiger partial charge in [-0.1, -0.05) is 24.8 Å². The Morgan fingerprint density at radius 2 is 2.27 bits per heavy atom. The first-order valence-electron chi connectivity index (χ1n) is 7.41. The van der Waals surface area contributed by atoms with Gasteiger partial charge in [0.1, 0.15) is 5.75 Å². The number of rotatable bonds is 8. The first-order valence-corrected chi connectivity index (χ1v) is 8.30. The van der Waals surface area contributed by atoms with Crippen LogP contribution in [0.2, 0.25) is 0 Å². The highest BCUT2D eigenvalue weighted by molar-refractivity contribution is 14.1. The van der Waals surface area contributed by atoms with Gasteiger partial charge in [-0.2, -0.15) is 0 Å². The molecular weight excluding hydrogens is 387 g/mol. The maximum atomic E-state index is 5.30. The van der Waals surface area contributed by atoms with Gasteiger partial charge in [-0.15, -0.1) is 0 Å². The van der Waals surface area contributed by atoms with Gasteiger partial charge < -0.3 is 8.38 Å². The molecule has 0 radical (unpaired) electrons.